The second kappa shape index (κ2) is 7.25. The molecule has 0 bridgehead atoms. The van der Waals surface area contributed by atoms with Gasteiger partial charge in [-0.2, -0.15) is 5.26 Å². The molecule has 0 fully saturated rings. The zero-order valence-electron chi connectivity index (χ0n) is 15.4. The lowest BCUT2D eigenvalue weighted by atomic mass is 9.96. The zero-order valence-corrected chi connectivity index (χ0v) is 16.2. The van der Waals surface area contributed by atoms with Gasteiger partial charge in [0, 0.05) is 41.7 Å². The van der Waals surface area contributed by atoms with Gasteiger partial charge < -0.3 is 10.2 Å². The number of nitrogens with one attached hydrogen (secondary N) is 1. The van der Waals surface area contributed by atoms with Crippen molar-refractivity contribution in [2.24, 2.45) is 0 Å². The van der Waals surface area contributed by atoms with Crippen LogP contribution in [-0.4, -0.2) is 27.9 Å². The Bertz CT molecular complexity index is 1100. The highest BCUT2D eigenvalue weighted by atomic mass is 32.1. The summed E-state index contributed by atoms with van der Waals surface area (Å²) in [6, 6.07) is 12.9. The fourth-order valence-corrected chi connectivity index (χ4v) is 4.12. The van der Waals surface area contributed by atoms with Crippen LogP contribution >= 0.6 is 11.3 Å². The van der Waals surface area contributed by atoms with Gasteiger partial charge in [0.2, 0.25) is 0 Å². The molecule has 2 amide bonds. The smallest absolute Gasteiger partial charge is 0.322 e. The number of thiazole rings is 1. The molecule has 1 atom stereocenters. The molecule has 1 aromatic carbocycles. The van der Waals surface area contributed by atoms with Crippen molar-refractivity contribution in [2.75, 3.05) is 7.05 Å². The van der Waals surface area contributed by atoms with E-state index in [1.807, 2.05) is 36.6 Å². The second-order valence-corrected chi connectivity index (χ2v) is 7.31. The van der Waals surface area contributed by atoms with Crippen LogP contribution in [0.25, 0.3) is 16.8 Å². The molecule has 1 unspecified atom stereocenters. The number of nitrogens with zero attached hydrogens (tertiary/aromatic N) is 4. The predicted octanol–water partition coefficient (Wildman–Crippen LogP) is 4.20. The van der Waals surface area contributed by atoms with Gasteiger partial charge in [0.1, 0.15) is 5.01 Å². The number of rotatable bonds is 3. The molecule has 0 spiro atoms. The lowest BCUT2D eigenvalue weighted by Gasteiger charge is -2.33. The zero-order chi connectivity index (χ0) is 19.7. The normalized spacial score (nSPS) is 16.7. The number of amides is 2. The van der Waals surface area contributed by atoms with E-state index in [1.54, 1.807) is 36.5 Å². The first-order valence-electron chi connectivity index (χ1n) is 8.70. The predicted molar refractivity (Wildman–Crippen MR) is 108 cm³/mol. The molecule has 7 heteroatoms. The van der Waals surface area contributed by atoms with Crippen molar-refractivity contribution in [3.05, 3.63) is 76.0 Å². The van der Waals surface area contributed by atoms with E-state index >= 15 is 0 Å². The largest absolute Gasteiger partial charge is 0.327 e. The number of urea groups is 1. The van der Waals surface area contributed by atoms with Gasteiger partial charge >= 0.3 is 6.03 Å². The molecule has 0 saturated carbocycles. The minimum Gasteiger partial charge on any atom is -0.327 e. The van der Waals surface area contributed by atoms with Crippen molar-refractivity contribution in [1.82, 2.24) is 20.2 Å². The topological polar surface area (TPSA) is 81.9 Å². The monoisotopic (exact) mass is 387 g/mol. The third kappa shape index (κ3) is 3.15. The average molecular weight is 387 g/mol. The molecule has 0 aliphatic carbocycles. The van der Waals surface area contributed by atoms with E-state index in [2.05, 4.69) is 16.4 Å². The fraction of sp³-hybridized carbons (Fsp3) is 0.143. The molecule has 3 aromatic rings. The Hall–Kier alpha value is -3.50. The van der Waals surface area contributed by atoms with Gasteiger partial charge in [-0.1, -0.05) is 12.1 Å². The van der Waals surface area contributed by atoms with Crippen LogP contribution in [0.3, 0.4) is 0 Å². The highest BCUT2D eigenvalue weighted by Gasteiger charge is 2.32. The van der Waals surface area contributed by atoms with Crippen molar-refractivity contribution in [3.63, 3.8) is 0 Å². The SMILES string of the molecule is CC1=C(c2nc(-c3ccc(C#N)cc3)cs2)C(c2ccncc2)NC(=O)N1C. The molecule has 6 nitrogen and oxygen atoms in total. The standard InChI is InChI=1S/C21H17N5OS/c1-13-18(19(25-21(27)26(13)2)16-7-9-23-10-8-16)20-24-17(12-28-20)15-5-3-14(11-22)4-6-15/h3-10,12,19H,1-2H3,(H,25,27). The third-order valence-electron chi connectivity index (χ3n) is 4.84. The summed E-state index contributed by atoms with van der Waals surface area (Å²) in [5.41, 5.74) is 5.21. The van der Waals surface area contributed by atoms with Crippen molar-refractivity contribution >= 4 is 22.9 Å². The molecule has 4 rings (SSSR count). The Morgan fingerprint density at radius 1 is 1.18 bits per heavy atom. The summed E-state index contributed by atoms with van der Waals surface area (Å²) < 4.78 is 0. The number of hydrogen-bond donors (Lipinski definition) is 1. The number of carbonyl (C=O) groups excluding carboxylic acids is 1. The lowest BCUT2D eigenvalue weighted by Crippen LogP contribution is -2.44. The van der Waals surface area contributed by atoms with E-state index in [4.69, 9.17) is 10.2 Å². The molecular formula is C21H17N5OS. The van der Waals surface area contributed by atoms with E-state index in [-0.39, 0.29) is 12.1 Å². The highest BCUT2D eigenvalue weighted by Crippen LogP contribution is 2.39. The van der Waals surface area contributed by atoms with Crippen LogP contribution in [-0.2, 0) is 0 Å². The van der Waals surface area contributed by atoms with E-state index in [0.29, 0.717) is 5.56 Å². The molecule has 2 aromatic heterocycles. The summed E-state index contributed by atoms with van der Waals surface area (Å²) in [4.78, 5) is 22.9. The second-order valence-electron chi connectivity index (χ2n) is 6.45. The number of allylic oxidation sites excluding steroid dienone is 1. The molecule has 0 saturated heterocycles. The fourth-order valence-electron chi connectivity index (χ4n) is 3.16. The van der Waals surface area contributed by atoms with Crippen molar-refractivity contribution in [2.45, 2.75) is 13.0 Å². The molecule has 1 aliphatic heterocycles. The Kier molecular flexibility index (Phi) is 4.63. The number of benzene rings is 1. The highest BCUT2D eigenvalue weighted by molar-refractivity contribution is 7.11. The van der Waals surface area contributed by atoms with Crippen molar-refractivity contribution < 1.29 is 4.79 Å². The Morgan fingerprint density at radius 3 is 2.57 bits per heavy atom. The van der Waals surface area contributed by atoms with E-state index in [1.165, 1.54) is 11.3 Å². The maximum Gasteiger partial charge on any atom is 0.322 e. The van der Waals surface area contributed by atoms with Gasteiger partial charge in [0.05, 0.1) is 23.4 Å². The third-order valence-corrected chi connectivity index (χ3v) is 5.71. The average Bonchev–Trinajstić information content (AvgIpc) is 3.22. The van der Waals surface area contributed by atoms with Gasteiger partial charge in [0.25, 0.3) is 0 Å². The molecule has 0 radical (unpaired) electrons. The first-order chi connectivity index (χ1) is 13.6. The molecule has 138 valence electrons. The Balaban J connectivity index is 1.77. The van der Waals surface area contributed by atoms with E-state index in [9.17, 15) is 4.79 Å². The Labute approximate surface area is 166 Å². The van der Waals surface area contributed by atoms with Gasteiger partial charge in [-0.3, -0.25) is 4.98 Å². The first kappa shape index (κ1) is 17.9. The quantitative estimate of drug-likeness (QED) is 0.730. The summed E-state index contributed by atoms with van der Waals surface area (Å²) in [7, 11) is 1.75. The number of hydrogen-bond acceptors (Lipinski definition) is 5. The van der Waals surface area contributed by atoms with E-state index in [0.717, 1.165) is 33.1 Å². The van der Waals surface area contributed by atoms with Crippen LogP contribution < -0.4 is 5.32 Å². The van der Waals surface area contributed by atoms with Gasteiger partial charge in [-0.05, 0) is 36.8 Å². The molecular weight excluding hydrogens is 370 g/mol. The summed E-state index contributed by atoms with van der Waals surface area (Å²) in [5, 5.41) is 14.9. The van der Waals surface area contributed by atoms with Gasteiger partial charge in [0.15, 0.2) is 0 Å². The maximum absolute atomic E-state index is 12.4. The van der Waals surface area contributed by atoms with Crippen LogP contribution in [0.5, 0.6) is 0 Å². The first-order valence-corrected chi connectivity index (χ1v) is 9.58. The number of aromatic nitrogens is 2. The molecule has 3 heterocycles. The minimum absolute atomic E-state index is 0.146. The Morgan fingerprint density at radius 2 is 1.89 bits per heavy atom. The van der Waals surface area contributed by atoms with Crippen LogP contribution in [0.15, 0.2) is 59.9 Å². The maximum atomic E-state index is 12.4. The molecule has 1 aliphatic rings. The van der Waals surface area contributed by atoms with Crippen LogP contribution in [0.1, 0.15) is 29.1 Å². The summed E-state index contributed by atoms with van der Waals surface area (Å²) >= 11 is 1.54. The number of nitriles is 1. The summed E-state index contributed by atoms with van der Waals surface area (Å²) in [6.45, 7) is 1.94. The van der Waals surface area contributed by atoms with Crippen molar-refractivity contribution in [3.8, 4) is 17.3 Å². The van der Waals surface area contributed by atoms with Crippen LogP contribution in [0, 0.1) is 11.3 Å². The summed E-state index contributed by atoms with van der Waals surface area (Å²) in [5.74, 6) is 0. The van der Waals surface area contributed by atoms with Gasteiger partial charge in [-0.15, -0.1) is 11.3 Å². The molecule has 28 heavy (non-hydrogen) atoms. The van der Waals surface area contributed by atoms with Crippen molar-refractivity contribution in [1.29, 1.82) is 5.26 Å². The lowest BCUT2D eigenvalue weighted by molar-refractivity contribution is 0.214. The number of pyridine rings is 1. The number of carbonyl (C=O) groups is 1. The van der Waals surface area contributed by atoms with E-state index < -0.39 is 0 Å². The van der Waals surface area contributed by atoms with Crippen LogP contribution in [0.4, 0.5) is 4.79 Å². The minimum atomic E-state index is -0.285. The van der Waals surface area contributed by atoms with Gasteiger partial charge in [-0.25, -0.2) is 9.78 Å². The summed E-state index contributed by atoms with van der Waals surface area (Å²) in [6.07, 6.45) is 3.44. The molecule has 1 N–H and O–H groups in total. The van der Waals surface area contributed by atoms with Crippen LogP contribution in [0.2, 0.25) is 0 Å².